The standard InChI is InChI=1S/C23H33N3O3/c1-6-16(4)24-22(27)20-15-29-21(25-20)14-26(17(5)7-2)23(28)19(8-3)18-12-10-9-11-13-18/h9-13,15-17,19H,6-8,14H2,1-5H3,(H,24,27)/t16-,17-,19-/m0/s1. The first-order chi connectivity index (χ1) is 13.9. The summed E-state index contributed by atoms with van der Waals surface area (Å²) in [6.07, 6.45) is 3.73. The molecule has 158 valence electrons. The Morgan fingerprint density at radius 1 is 1.07 bits per heavy atom. The van der Waals surface area contributed by atoms with Crippen LogP contribution in [0, 0.1) is 0 Å². The summed E-state index contributed by atoms with van der Waals surface area (Å²) >= 11 is 0. The Morgan fingerprint density at radius 2 is 1.76 bits per heavy atom. The van der Waals surface area contributed by atoms with Crippen LogP contribution >= 0.6 is 0 Å². The topological polar surface area (TPSA) is 75.4 Å². The minimum atomic E-state index is -0.258. The van der Waals surface area contributed by atoms with E-state index in [0.717, 1.165) is 18.4 Å². The van der Waals surface area contributed by atoms with Crippen molar-refractivity contribution in [2.75, 3.05) is 0 Å². The van der Waals surface area contributed by atoms with Crippen molar-refractivity contribution in [3.8, 4) is 0 Å². The van der Waals surface area contributed by atoms with E-state index in [4.69, 9.17) is 4.42 Å². The smallest absolute Gasteiger partial charge is 0.273 e. The zero-order valence-electron chi connectivity index (χ0n) is 18.1. The summed E-state index contributed by atoms with van der Waals surface area (Å²) in [5.74, 6) is -0.0486. The summed E-state index contributed by atoms with van der Waals surface area (Å²) in [4.78, 5) is 31.8. The first kappa shape index (κ1) is 22.7. The molecule has 2 amide bonds. The highest BCUT2D eigenvalue weighted by atomic mass is 16.3. The van der Waals surface area contributed by atoms with Crippen LogP contribution in [-0.4, -0.2) is 33.8 Å². The SMILES string of the molecule is CC[C@H](C(=O)N(Cc1nc(C(=O)N[C@@H](C)CC)co1)[C@@H](C)CC)c1ccccc1. The van der Waals surface area contributed by atoms with E-state index >= 15 is 0 Å². The van der Waals surface area contributed by atoms with Gasteiger partial charge < -0.3 is 14.6 Å². The lowest BCUT2D eigenvalue weighted by Crippen LogP contribution is -2.40. The minimum Gasteiger partial charge on any atom is -0.446 e. The van der Waals surface area contributed by atoms with Crippen LogP contribution in [0.2, 0.25) is 0 Å². The van der Waals surface area contributed by atoms with Gasteiger partial charge in [0.1, 0.15) is 6.26 Å². The van der Waals surface area contributed by atoms with Crippen molar-refractivity contribution in [1.29, 1.82) is 0 Å². The molecule has 6 nitrogen and oxygen atoms in total. The van der Waals surface area contributed by atoms with Gasteiger partial charge in [0.25, 0.3) is 5.91 Å². The summed E-state index contributed by atoms with van der Waals surface area (Å²) in [5.41, 5.74) is 1.25. The number of aromatic nitrogens is 1. The number of carbonyl (C=O) groups excluding carboxylic acids is 2. The molecule has 29 heavy (non-hydrogen) atoms. The van der Waals surface area contributed by atoms with Crippen molar-refractivity contribution >= 4 is 11.8 Å². The lowest BCUT2D eigenvalue weighted by atomic mass is 9.94. The number of nitrogens with one attached hydrogen (secondary N) is 1. The molecule has 0 unspecified atom stereocenters. The molecule has 1 N–H and O–H groups in total. The quantitative estimate of drug-likeness (QED) is 0.637. The Morgan fingerprint density at radius 3 is 2.34 bits per heavy atom. The highest BCUT2D eigenvalue weighted by Gasteiger charge is 2.28. The lowest BCUT2D eigenvalue weighted by Gasteiger charge is -2.31. The number of benzene rings is 1. The van der Waals surface area contributed by atoms with Gasteiger partial charge in [0.2, 0.25) is 11.8 Å². The van der Waals surface area contributed by atoms with E-state index in [-0.39, 0.29) is 42.1 Å². The summed E-state index contributed by atoms with van der Waals surface area (Å²) in [7, 11) is 0. The predicted molar refractivity (Wildman–Crippen MR) is 113 cm³/mol. The molecule has 0 aliphatic carbocycles. The molecule has 0 spiro atoms. The van der Waals surface area contributed by atoms with Gasteiger partial charge in [-0.25, -0.2) is 4.98 Å². The Hall–Kier alpha value is -2.63. The molecule has 1 aromatic carbocycles. The summed E-state index contributed by atoms with van der Waals surface area (Å²) < 4.78 is 5.53. The second-order valence-electron chi connectivity index (χ2n) is 7.50. The number of carbonyl (C=O) groups is 2. The van der Waals surface area contributed by atoms with Crippen molar-refractivity contribution in [3.63, 3.8) is 0 Å². The molecule has 0 aliphatic heterocycles. The fourth-order valence-electron chi connectivity index (χ4n) is 3.14. The van der Waals surface area contributed by atoms with E-state index in [1.54, 1.807) is 0 Å². The molecule has 0 aliphatic rings. The van der Waals surface area contributed by atoms with Crippen LogP contribution in [0.15, 0.2) is 41.0 Å². The molecule has 1 aromatic heterocycles. The van der Waals surface area contributed by atoms with Crippen molar-refractivity contribution < 1.29 is 14.0 Å². The van der Waals surface area contributed by atoms with E-state index in [1.165, 1.54) is 6.26 Å². The third kappa shape index (κ3) is 5.92. The number of rotatable bonds is 10. The Kier molecular flexibility index (Phi) is 8.43. The molecule has 3 atom stereocenters. The number of nitrogens with zero attached hydrogens (tertiary/aromatic N) is 2. The number of oxazole rings is 1. The van der Waals surface area contributed by atoms with Gasteiger partial charge in [0.05, 0.1) is 12.5 Å². The summed E-state index contributed by atoms with van der Waals surface area (Å²) in [6.45, 7) is 10.3. The van der Waals surface area contributed by atoms with Gasteiger partial charge in [-0.3, -0.25) is 9.59 Å². The van der Waals surface area contributed by atoms with E-state index in [2.05, 4.69) is 17.2 Å². The van der Waals surface area contributed by atoms with Gasteiger partial charge >= 0.3 is 0 Å². The van der Waals surface area contributed by atoms with Gasteiger partial charge in [-0.1, -0.05) is 51.1 Å². The van der Waals surface area contributed by atoms with Crippen molar-refractivity contribution in [1.82, 2.24) is 15.2 Å². The fraction of sp³-hybridized carbons (Fsp3) is 0.522. The number of amides is 2. The number of hydrogen-bond acceptors (Lipinski definition) is 4. The monoisotopic (exact) mass is 399 g/mol. The Labute approximate surface area is 173 Å². The van der Waals surface area contributed by atoms with E-state index in [9.17, 15) is 9.59 Å². The maximum absolute atomic E-state index is 13.4. The van der Waals surface area contributed by atoms with Gasteiger partial charge in [-0.2, -0.15) is 0 Å². The van der Waals surface area contributed by atoms with Crippen LogP contribution in [0.25, 0.3) is 0 Å². The highest BCUT2D eigenvalue weighted by molar-refractivity contribution is 5.92. The summed E-state index contributed by atoms with van der Waals surface area (Å²) in [6, 6.07) is 9.93. The zero-order valence-corrected chi connectivity index (χ0v) is 18.1. The van der Waals surface area contributed by atoms with Crippen LogP contribution < -0.4 is 5.32 Å². The highest BCUT2D eigenvalue weighted by Crippen LogP contribution is 2.25. The molecular formula is C23H33N3O3. The third-order valence-corrected chi connectivity index (χ3v) is 5.39. The largest absolute Gasteiger partial charge is 0.446 e. The van der Waals surface area contributed by atoms with Gasteiger partial charge in [0, 0.05) is 12.1 Å². The van der Waals surface area contributed by atoms with Crippen LogP contribution in [0.4, 0.5) is 0 Å². The van der Waals surface area contributed by atoms with Crippen molar-refractivity contribution in [3.05, 3.63) is 53.7 Å². The van der Waals surface area contributed by atoms with Crippen LogP contribution in [0.1, 0.15) is 81.7 Å². The van der Waals surface area contributed by atoms with Crippen LogP contribution in [0.5, 0.6) is 0 Å². The van der Waals surface area contributed by atoms with Gasteiger partial charge in [-0.15, -0.1) is 0 Å². The molecule has 0 bridgehead atoms. The average Bonchev–Trinajstić information content (AvgIpc) is 3.21. The predicted octanol–water partition coefficient (Wildman–Crippen LogP) is 4.52. The fourth-order valence-corrected chi connectivity index (χ4v) is 3.14. The summed E-state index contributed by atoms with van der Waals surface area (Å²) in [5, 5.41) is 2.88. The number of hydrogen-bond donors (Lipinski definition) is 1. The second kappa shape index (κ2) is 10.8. The molecule has 6 heteroatoms. The molecule has 0 fully saturated rings. The molecule has 0 saturated heterocycles. The third-order valence-electron chi connectivity index (χ3n) is 5.39. The van der Waals surface area contributed by atoms with Gasteiger partial charge in [0.15, 0.2) is 5.69 Å². The molecule has 2 rings (SSSR count). The maximum Gasteiger partial charge on any atom is 0.273 e. The van der Waals surface area contributed by atoms with Crippen LogP contribution in [-0.2, 0) is 11.3 Å². The Bertz CT molecular complexity index is 788. The second-order valence-corrected chi connectivity index (χ2v) is 7.50. The normalized spacial score (nSPS) is 14.1. The average molecular weight is 400 g/mol. The van der Waals surface area contributed by atoms with Gasteiger partial charge in [-0.05, 0) is 38.7 Å². The van der Waals surface area contributed by atoms with Crippen LogP contribution in [0.3, 0.4) is 0 Å². The molecule has 2 aromatic rings. The van der Waals surface area contributed by atoms with E-state index < -0.39 is 0 Å². The maximum atomic E-state index is 13.4. The van der Waals surface area contributed by atoms with E-state index in [0.29, 0.717) is 12.3 Å². The van der Waals surface area contributed by atoms with Crippen molar-refractivity contribution in [2.24, 2.45) is 0 Å². The molecule has 1 heterocycles. The zero-order chi connectivity index (χ0) is 21.4. The first-order valence-electron chi connectivity index (χ1n) is 10.5. The van der Waals surface area contributed by atoms with Crippen molar-refractivity contribution in [2.45, 2.75) is 78.4 Å². The first-order valence-corrected chi connectivity index (χ1v) is 10.5. The molecular weight excluding hydrogens is 366 g/mol. The molecule has 0 radical (unpaired) electrons. The van der Waals surface area contributed by atoms with E-state index in [1.807, 2.05) is 62.9 Å². The lowest BCUT2D eigenvalue weighted by molar-refractivity contribution is -0.136. The minimum absolute atomic E-state index is 0.0320. The Balaban J connectivity index is 2.19. The molecule has 0 saturated carbocycles.